The quantitative estimate of drug-likeness (QED) is 0.330. The molecule has 0 heterocycles. The number of carboxylic acids is 1. The maximum absolute atomic E-state index is 12.2. The highest BCUT2D eigenvalue weighted by atomic mass is 16.4. The van der Waals surface area contributed by atoms with E-state index < -0.39 is 24.1 Å². The molecule has 2 amide bonds. The second-order valence-electron chi connectivity index (χ2n) is 5.96. The molecule has 0 saturated heterocycles. The number of Topliss-reactive ketones (excluding diaryl/α,β-unsaturated/α-hetero) is 1. The third kappa shape index (κ3) is 5.53. The van der Waals surface area contributed by atoms with Crippen molar-refractivity contribution in [3.63, 3.8) is 0 Å². The zero-order chi connectivity index (χ0) is 20.8. The molecule has 2 aromatic carbocycles. The summed E-state index contributed by atoms with van der Waals surface area (Å²) in [5.74, 6) is -2.93. The number of anilines is 2. The third-order valence-electron chi connectivity index (χ3n) is 3.65. The van der Waals surface area contributed by atoms with Crippen LogP contribution in [-0.4, -0.2) is 33.8 Å². The molecule has 144 valence electrons. The van der Waals surface area contributed by atoms with Gasteiger partial charge in [0.2, 0.25) is 11.8 Å². The fourth-order valence-electron chi connectivity index (χ4n) is 2.39. The Morgan fingerprint density at radius 3 is 2.00 bits per heavy atom. The van der Waals surface area contributed by atoms with Crippen molar-refractivity contribution in [2.24, 2.45) is 0 Å². The molecular weight excluding hydrogens is 364 g/mol. The Hall–Kier alpha value is -3.94. The van der Waals surface area contributed by atoms with Crippen molar-refractivity contribution in [3.8, 4) is 0 Å². The van der Waals surface area contributed by atoms with E-state index in [2.05, 4.69) is 17.2 Å². The topological polar surface area (TPSA) is 133 Å². The number of carbonyl (C=O) groups excluding carboxylic acids is 3. The van der Waals surface area contributed by atoms with Gasteiger partial charge in [-0.2, -0.15) is 0 Å². The van der Waals surface area contributed by atoms with Gasteiger partial charge in [0.25, 0.3) is 0 Å². The standard InChI is InChI=1S/C20H18N2O6/c1-11(23)14-7-15(20(27)28)9-17(8-14)22-19(26)10-18(25)13-3-5-16(6-4-13)21-12(2)24/h3-9,23H,1,10H2,2H3,(H,21,24)(H,22,26)(H,27,28). The molecule has 2 rings (SSSR count). The van der Waals surface area contributed by atoms with Crippen LogP contribution in [0.4, 0.5) is 11.4 Å². The largest absolute Gasteiger partial charge is 0.508 e. The van der Waals surface area contributed by atoms with Crippen molar-refractivity contribution >= 4 is 40.7 Å². The minimum Gasteiger partial charge on any atom is -0.508 e. The van der Waals surface area contributed by atoms with Crippen LogP contribution < -0.4 is 10.6 Å². The zero-order valence-electron chi connectivity index (χ0n) is 15.0. The molecule has 0 aliphatic rings. The van der Waals surface area contributed by atoms with E-state index in [1.54, 1.807) is 12.1 Å². The van der Waals surface area contributed by atoms with Crippen molar-refractivity contribution in [1.82, 2.24) is 0 Å². The number of aliphatic hydroxyl groups excluding tert-OH is 1. The van der Waals surface area contributed by atoms with Crippen molar-refractivity contribution < 1.29 is 29.4 Å². The van der Waals surface area contributed by atoms with Gasteiger partial charge in [0.1, 0.15) is 5.76 Å². The molecule has 0 bridgehead atoms. The molecule has 0 aromatic heterocycles. The van der Waals surface area contributed by atoms with Gasteiger partial charge in [-0.15, -0.1) is 0 Å². The zero-order valence-corrected chi connectivity index (χ0v) is 15.0. The van der Waals surface area contributed by atoms with Gasteiger partial charge in [0.05, 0.1) is 12.0 Å². The van der Waals surface area contributed by atoms with E-state index >= 15 is 0 Å². The Labute approximate surface area is 160 Å². The molecule has 0 fully saturated rings. The first-order valence-electron chi connectivity index (χ1n) is 8.13. The van der Waals surface area contributed by atoms with Crippen LogP contribution in [0.2, 0.25) is 0 Å². The van der Waals surface area contributed by atoms with E-state index in [9.17, 15) is 24.3 Å². The molecule has 0 spiro atoms. The number of carboxylic acid groups (broad SMARTS) is 1. The Morgan fingerprint density at radius 2 is 1.46 bits per heavy atom. The van der Waals surface area contributed by atoms with Crippen molar-refractivity contribution in [2.45, 2.75) is 13.3 Å². The lowest BCUT2D eigenvalue weighted by molar-refractivity contribution is -0.115. The molecule has 8 heteroatoms. The van der Waals surface area contributed by atoms with Crippen LogP contribution >= 0.6 is 0 Å². The molecule has 0 aliphatic heterocycles. The number of ketones is 1. The summed E-state index contributed by atoms with van der Waals surface area (Å²) in [6.07, 6.45) is -0.466. The number of rotatable bonds is 7. The van der Waals surface area contributed by atoms with E-state index in [-0.39, 0.29) is 34.0 Å². The highest BCUT2D eigenvalue weighted by Crippen LogP contribution is 2.20. The molecule has 0 aliphatic carbocycles. The maximum atomic E-state index is 12.2. The highest BCUT2D eigenvalue weighted by molar-refractivity contribution is 6.11. The van der Waals surface area contributed by atoms with Gasteiger partial charge < -0.3 is 20.8 Å². The summed E-state index contributed by atoms with van der Waals surface area (Å²) >= 11 is 0. The summed E-state index contributed by atoms with van der Waals surface area (Å²) in [5, 5.41) is 23.6. The van der Waals surface area contributed by atoms with Crippen molar-refractivity contribution in [3.05, 3.63) is 65.7 Å². The second-order valence-corrected chi connectivity index (χ2v) is 5.96. The number of hydrogen-bond donors (Lipinski definition) is 4. The predicted molar refractivity (Wildman–Crippen MR) is 103 cm³/mol. The van der Waals surface area contributed by atoms with Gasteiger partial charge in [-0.05, 0) is 42.5 Å². The molecule has 0 saturated carbocycles. The van der Waals surface area contributed by atoms with Crippen LogP contribution in [0.25, 0.3) is 5.76 Å². The molecule has 0 radical (unpaired) electrons. The number of nitrogens with one attached hydrogen (secondary N) is 2. The Bertz CT molecular complexity index is 931. The molecule has 28 heavy (non-hydrogen) atoms. The van der Waals surface area contributed by atoms with Crippen LogP contribution in [-0.2, 0) is 9.59 Å². The lowest BCUT2D eigenvalue weighted by atomic mass is 10.1. The first kappa shape index (κ1) is 20.4. The first-order valence-corrected chi connectivity index (χ1v) is 8.13. The number of amides is 2. The Kier molecular flexibility index (Phi) is 6.28. The molecule has 8 nitrogen and oxygen atoms in total. The normalized spacial score (nSPS) is 10.0. The van der Waals surface area contributed by atoms with E-state index in [0.29, 0.717) is 5.69 Å². The van der Waals surface area contributed by atoms with Gasteiger partial charge in [-0.3, -0.25) is 14.4 Å². The second kappa shape index (κ2) is 8.63. The van der Waals surface area contributed by atoms with E-state index in [0.717, 1.165) is 0 Å². The van der Waals surface area contributed by atoms with Crippen molar-refractivity contribution in [2.75, 3.05) is 10.6 Å². The minimum absolute atomic E-state index is 0.115. The highest BCUT2D eigenvalue weighted by Gasteiger charge is 2.14. The Balaban J connectivity index is 2.09. The summed E-state index contributed by atoms with van der Waals surface area (Å²) in [4.78, 5) is 46.5. The van der Waals surface area contributed by atoms with Crippen LogP contribution in [0, 0.1) is 0 Å². The van der Waals surface area contributed by atoms with Gasteiger partial charge in [0, 0.05) is 29.4 Å². The fraction of sp³-hybridized carbons (Fsp3) is 0.100. The number of carbonyl (C=O) groups is 4. The molecule has 0 unspecified atom stereocenters. The monoisotopic (exact) mass is 382 g/mol. The number of hydrogen-bond acceptors (Lipinski definition) is 5. The number of aromatic carboxylic acids is 1. The molecule has 2 aromatic rings. The molecule has 4 N–H and O–H groups in total. The van der Waals surface area contributed by atoms with Crippen LogP contribution in [0.5, 0.6) is 0 Å². The van der Waals surface area contributed by atoms with Crippen LogP contribution in [0.3, 0.4) is 0 Å². The summed E-state index contributed by atoms with van der Waals surface area (Å²) in [7, 11) is 0. The van der Waals surface area contributed by atoms with E-state index in [1.807, 2.05) is 0 Å². The average Bonchev–Trinajstić information content (AvgIpc) is 2.61. The van der Waals surface area contributed by atoms with Gasteiger partial charge in [0.15, 0.2) is 5.78 Å². The summed E-state index contributed by atoms with van der Waals surface area (Å²) < 4.78 is 0. The molecule has 0 atom stereocenters. The number of benzene rings is 2. The lowest BCUT2D eigenvalue weighted by Gasteiger charge is -2.09. The predicted octanol–water partition coefficient (Wildman–Crippen LogP) is 3.08. The van der Waals surface area contributed by atoms with Crippen LogP contribution in [0.1, 0.15) is 39.6 Å². The van der Waals surface area contributed by atoms with Crippen molar-refractivity contribution in [1.29, 1.82) is 0 Å². The lowest BCUT2D eigenvalue weighted by Crippen LogP contribution is -2.17. The molecular formula is C20H18N2O6. The van der Waals surface area contributed by atoms with Crippen LogP contribution in [0.15, 0.2) is 49.0 Å². The summed E-state index contributed by atoms with van der Waals surface area (Å²) in [6, 6.07) is 9.82. The first-order chi connectivity index (χ1) is 13.2. The van der Waals surface area contributed by atoms with Gasteiger partial charge in [-0.1, -0.05) is 6.58 Å². The maximum Gasteiger partial charge on any atom is 0.335 e. The van der Waals surface area contributed by atoms with E-state index in [4.69, 9.17) is 5.11 Å². The summed E-state index contributed by atoms with van der Waals surface area (Å²) in [6.45, 7) is 4.69. The van der Waals surface area contributed by atoms with Gasteiger partial charge in [-0.25, -0.2) is 4.79 Å². The summed E-state index contributed by atoms with van der Waals surface area (Å²) in [5.41, 5.74) is 0.908. The fourth-order valence-corrected chi connectivity index (χ4v) is 2.39. The van der Waals surface area contributed by atoms with E-state index in [1.165, 1.54) is 37.3 Å². The minimum atomic E-state index is -1.24. The SMILES string of the molecule is C=C(O)c1cc(NC(=O)CC(=O)c2ccc(NC(C)=O)cc2)cc(C(=O)O)c1. The number of aliphatic hydroxyl groups is 1. The average molecular weight is 382 g/mol. The third-order valence-corrected chi connectivity index (χ3v) is 3.65. The smallest absolute Gasteiger partial charge is 0.335 e. The van der Waals surface area contributed by atoms with Gasteiger partial charge >= 0.3 is 5.97 Å². The Morgan fingerprint density at radius 1 is 0.857 bits per heavy atom.